The average Bonchev–Trinajstić information content (AvgIpc) is 3.21. The topological polar surface area (TPSA) is 202 Å². The Morgan fingerprint density at radius 2 is 0.774 bits per heavy atom. The van der Waals surface area contributed by atoms with E-state index in [0.717, 1.165) is 18.1 Å². The largest absolute Gasteiger partial charge is 0.350 e. The predicted octanol–water partition coefficient (Wildman–Crippen LogP) is 3.93. The summed E-state index contributed by atoms with van der Waals surface area (Å²) in [6.07, 6.45) is 0. The van der Waals surface area contributed by atoms with Gasteiger partial charge in [-0.05, 0) is 41.0 Å². The normalized spacial score (nSPS) is 12.0. The van der Waals surface area contributed by atoms with Crippen molar-refractivity contribution in [2.24, 2.45) is 0 Å². The van der Waals surface area contributed by atoms with Crippen LogP contribution < -0.4 is 31.9 Å². The van der Waals surface area contributed by atoms with Crippen LogP contribution in [0.2, 0.25) is 5.02 Å². The van der Waals surface area contributed by atoms with Crippen LogP contribution in [0.4, 0.5) is 30.7 Å². The Morgan fingerprint density at radius 3 is 1.06 bits per heavy atom. The van der Waals surface area contributed by atoms with E-state index in [1.165, 1.54) is 38.1 Å². The van der Waals surface area contributed by atoms with Gasteiger partial charge in [0, 0.05) is 45.4 Å². The summed E-state index contributed by atoms with van der Waals surface area (Å²) in [5, 5.41) is 14.8. The van der Waals surface area contributed by atoms with Crippen LogP contribution in [0.5, 0.6) is 0 Å². The van der Waals surface area contributed by atoms with Crippen LogP contribution in [-0.4, -0.2) is 93.2 Å². The number of amides is 6. The third-order valence-electron chi connectivity index (χ3n) is 7.32. The highest BCUT2D eigenvalue weighted by molar-refractivity contribution is 6.30. The molecule has 0 radical (unpaired) electrons. The molecule has 342 valence electrons. The van der Waals surface area contributed by atoms with Crippen LogP contribution in [0.15, 0.2) is 78.9 Å². The van der Waals surface area contributed by atoms with E-state index < -0.39 is 99.0 Å². The van der Waals surface area contributed by atoms with Gasteiger partial charge in [0.2, 0.25) is 35.4 Å². The number of ether oxygens (including phenoxy) is 3. The highest BCUT2D eigenvalue weighted by atomic mass is 35.5. The fourth-order valence-electron chi connectivity index (χ4n) is 4.53. The van der Waals surface area contributed by atoms with Gasteiger partial charge in [0.25, 0.3) is 0 Å². The lowest BCUT2D eigenvalue weighted by atomic mass is 10.2. The van der Waals surface area contributed by atoms with Gasteiger partial charge in [0.05, 0.1) is 19.8 Å². The molecule has 0 heterocycles. The van der Waals surface area contributed by atoms with Gasteiger partial charge in [0.1, 0.15) is 23.9 Å². The maximum Gasteiger partial charge on any atom is 0.345 e. The van der Waals surface area contributed by atoms with E-state index in [1.807, 2.05) is 30.3 Å². The highest BCUT2D eigenvalue weighted by Crippen LogP contribution is 2.09. The molecule has 0 saturated heterocycles. The first-order chi connectivity index (χ1) is 29.2. The number of benzene rings is 3. The van der Waals surface area contributed by atoms with E-state index in [-0.39, 0.29) is 19.6 Å². The molecule has 15 nitrogen and oxygen atoms in total. The van der Waals surface area contributed by atoms with Crippen molar-refractivity contribution >= 4 is 47.0 Å². The molecule has 3 rings (SSSR count). The molecule has 62 heavy (non-hydrogen) atoms. The van der Waals surface area contributed by atoms with Gasteiger partial charge in [-0.1, -0.05) is 66.2 Å². The first kappa shape index (κ1) is 54.2. The van der Waals surface area contributed by atoms with Crippen LogP contribution in [0.3, 0.4) is 0 Å². The molecule has 23 heteroatoms. The quantitative estimate of drug-likeness (QED) is 0.0857. The summed E-state index contributed by atoms with van der Waals surface area (Å²) in [5.74, 6) is -3.83. The van der Waals surface area contributed by atoms with Crippen molar-refractivity contribution in [3.63, 3.8) is 0 Å². The molecular weight excluding hydrogens is 865 g/mol. The molecule has 0 aliphatic heterocycles. The van der Waals surface area contributed by atoms with E-state index in [4.69, 9.17) is 11.6 Å². The molecule has 0 spiro atoms. The number of carbonyl (C=O) groups excluding carboxylic acids is 6. The highest BCUT2D eigenvalue weighted by Gasteiger charge is 2.23. The molecule has 0 fully saturated rings. The van der Waals surface area contributed by atoms with Crippen molar-refractivity contribution in [3.8, 4) is 0 Å². The summed E-state index contributed by atoms with van der Waals surface area (Å²) < 4.78 is 96.8. The number of nitrogens with one attached hydrogen (secondary N) is 6. The first-order valence-electron chi connectivity index (χ1n) is 18.1. The van der Waals surface area contributed by atoms with Gasteiger partial charge in [-0.3, -0.25) is 28.8 Å². The Kier molecular flexibility index (Phi) is 26.4. The Balaban J connectivity index is 0.000000465. The minimum absolute atomic E-state index is 0.0733. The third kappa shape index (κ3) is 26.4. The standard InChI is InChI=1S/C13H15ClF2N2O3.C13H15F3N2O3.C13H16F2N2O3/c2*1-8(19)18-11(7-21-13(15)16)12(20)17-6-9-2-4-10(14)5-3-9;1-9(18)17-11(8-20-13(14)15)12(19)16-7-10-5-3-2-4-6-10/h2*2-5,11,13H,6-7H2,1H3,(H,17,20)(H,18,19);2-6,11,13H,7-8H2,1H3,(H,16,19)(H,17,18)/t3*11-/m111/s1. The molecule has 3 atom stereocenters. The van der Waals surface area contributed by atoms with Crippen LogP contribution in [0.1, 0.15) is 37.5 Å². The number of halogens is 8. The van der Waals surface area contributed by atoms with E-state index >= 15 is 0 Å². The van der Waals surface area contributed by atoms with Crippen molar-refractivity contribution in [2.45, 2.75) is 78.4 Å². The van der Waals surface area contributed by atoms with Crippen molar-refractivity contribution in [3.05, 3.63) is 106 Å². The van der Waals surface area contributed by atoms with E-state index in [2.05, 4.69) is 46.1 Å². The lowest BCUT2D eigenvalue weighted by Gasteiger charge is -2.17. The van der Waals surface area contributed by atoms with E-state index in [1.54, 1.807) is 24.3 Å². The van der Waals surface area contributed by atoms with Crippen molar-refractivity contribution < 1.29 is 73.7 Å². The molecule has 0 unspecified atom stereocenters. The molecule has 6 N–H and O–H groups in total. The Hall–Kier alpha value is -5.84. The average molecular weight is 911 g/mol. The minimum Gasteiger partial charge on any atom is -0.350 e. The van der Waals surface area contributed by atoms with Gasteiger partial charge in [-0.2, -0.15) is 26.3 Å². The second-order valence-corrected chi connectivity index (χ2v) is 12.9. The number of alkyl halides is 6. The Morgan fingerprint density at radius 1 is 0.484 bits per heavy atom. The predicted molar refractivity (Wildman–Crippen MR) is 209 cm³/mol. The molecule has 6 amide bonds. The Bertz CT molecular complexity index is 1730. The monoisotopic (exact) mass is 910 g/mol. The number of carbonyl (C=O) groups is 6. The zero-order chi connectivity index (χ0) is 46.6. The summed E-state index contributed by atoms with van der Waals surface area (Å²) >= 11 is 5.73. The fraction of sp³-hybridized carbons (Fsp3) is 0.385. The summed E-state index contributed by atoms with van der Waals surface area (Å²) in [5.41, 5.74) is 2.27. The molecule has 0 aliphatic carbocycles. The van der Waals surface area contributed by atoms with Crippen LogP contribution in [-0.2, 0) is 62.6 Å². The molecule has 3 aromatic rings. The third-order valence-corrected chi connectivity index (χ3v) is 7.57. The second kappa shape index (κ2) is 30.2. The molecule has 0 bridgehead atoms. The first-order valence-corrected chi connectivity index (χ1v) is 18.5. The maximum absolute atomic E-state index is 12.7. The van der Waals surface area contributed by atoms with Crippen molar-refractivity contribution in [1.82, 2.24) is 31.9 Å². The van der Waals surface area contributed by atoms with Gasteiger partial charge < -0.3 is 46.1 Å². The van der Waals surface area contributed by atoms with Crippen LogP contribution in [0.25, 0.3) is 0 Å². The fourth-order valence-corrected chi connectivity index (χ4v) is 4.66. The molecule has 0 aromatic heterocycles. The number of rotatable bonds is 21. The lowest BCUT2D eigenvalue weighted by Crippen LogP contribution is -2.48. The molecule has 0 saturated carbocycles. The molecule has 3 aromatic carbocycles. The van der Waals surface area contributed by atoms with Crippen molar-refractivity contribution in [1.29, 1.82) is 0 Å². The summed E-state index contributed by atoms with van der Waals surface area (Å²) in [6.45, 7) is -6.85. The SMILES string of the molecule is CC(=O)N[C@H](COC(F)F)C(=O)NCc1ccc(Cl)cc1.CC(=O)N[C@H](COC(F)F)C(=O)NCc1ccc(F)cc1.CC(=O)N[C@H](COC(F)F)C(=O)NCc1ccccc1. The van der Waals surface area contributed by atoms with Crippen LogP contribution in [0, 0.1) is 5.82 Å². The number of hydrogen-bond donors (Lipinski definition) is 6. The maximum atomic E-state index is 12.7. The van der Waals surface area contributed by atoms with Gasteiger partial charge in [0.15, 0.2) is 0 Å². The zero-order valence-corrected chi connectivity index (χ0v) is 34.2. The molecule has 0 aliphatic rings. The smallest absolute Gasteiger partial charge is 0.345 e. The van der Waals surface area contributed by atoms with Crippen LogP contribution >= 0.6 is 11.6 Å². The van der Waals surface area contributed by atoms with E-state index in [0.29, 0.717) is 10.6 Å². The van der Waals surface area contributed by atoms with Gasteiger partial charge in [-0.25, -0.2) is 4.39 Å². The van der Waals surface area contributed by atoms with Gasteiger partial charge >= 0.3 is 19.8 Å². The van der Waals surface area contributed by atoms with Gasteiger partial charge in [-0.15, -0.1) is 0 Å². The lowest BCUT2D eigenvalue weighted by molar-refractivity contribution is -0.147. The number of hydrogen-bond acceptors (Lipinski definition) is 9. The Labute approximate surface area is 356 Å². The molecular formula is C39H46ClF7N6O9. The zero-order valence-electron chi connectivity index (χ0n) is 33.4. The van der Waals surface area contributed by atoms with Crippen molar-refractivity contribution in [2.75, 3.05) is 19.8 Å². The summed E-state index contributed by atoms with van der Waals surface area (Å²) in [4.78, 5) is 68.3. The summed E-state index contributed by atoms with van der Waals surface area (Å²) in [6, 6.07) is 17.7. The summed E-state index contributed by atoms with van der Waals surface area (Å²) in [7, 11) is 0. The second-order valence-electron chi connectivity index (χ2n) is 12.4. The van der Waals surface area contributed by atoms with E-state index in [9.17, 15) is 59.5 Å². The minimum atomic E-state index is -3.04.